The molecular weight excluding hydrogens is 216 g/mol. The first-order valence-corrected chi connectivity index (χ1v) is 5.27. The number of benzene rings is 1. The summed E-state index contributed by atoms with van der Waals surface area (Å²) in [6.07, 6.45) is 1.70. The van der Waals surface area contributed by atoms with Crippen LogP contribution in [0.15, 0.2) is 30.5 Å². The van der Waals surface area contributed by atoms with Gasteiger partial charge in [-0.1, -0.05) is 17.7 Å². The third kappa shape index (κ3) is 2.19. The van der Waals surface area contributed by atoms with Gasteiger partial charge in [0.1, 0.15) is 5.69 Å². The predicted octanol–water partition coefficient (Wildman–Crippen LogP) is 0.738. The van der Waals surface area contributed by atoms with Crippen LogP contribution in [0.1, 0.15) is 21.6 Å². The van der Waals surface area contributed by atoms with Crippen LogP contribution in [0.5, 0.6) is 0 Å². The van der Waals surface area contributed by atoms with Crippen molar-refractivity contribution < 1.29 is 4.79 Å². The Kier molecular flexibility index (Phi) is 2.93. The van der Waals surface area contributed by atoms with E-state index in [9.17, 15) is 4.79 Å². The number of nitrogens with zero attached hydrogens (tertiary/aromatic N) is 2. The molecule has 0 radical (unpaired) electrons. The Morgan fingerprint density at radius 2 is 2.18 bits per heavy atom. The zero-order valence-corrected chi connectivity index (χ0v) is 9.55. The first-order chi connectivity index (χ1) is 8.11. The van der Waals surface area contributed by atoms with Crippen molar-refractivity contribution in [2.24, 2.45) is 11.5 Å². The molecule has 4 N–H and O–H groups in total. The third-order valence-corrected chi connectivity index (χ3v) is 2.54. The average molecular weight is 230 g/mol. The molecule has 2 aromatic rings. The third-order valence-electron chi connectivity index (χ3n) is 2.54. The number of hydrogen-bond acceptors (Lipinski definition) is 3. The number of nitrogens with two attached hydrogens (primary N) is 2. The molecule has 1 aromatic carbocycles. The van der Waals surface area contributed by atoms with Gasteiger partial charge in [-0.25, -0.2) is 4.68 Å². The van der Waals surface area contributed by atoms with E-state index in [1.54, 1.807) is 16.9 Å². The molecule has 0 saturated heterocycles. The van der Waals surface area contributed by atoms with Crippen LogP contribution in [0, 0.1) is 6.92 Å². The quantitative estimate of drug-likeness (QED) is 0.815. The fraction of sp³-hybridized carbons (Fsp3) is 0.167. The Labute approximate surface area is 99.0 Å². The Morgan fingerprint density at radius 3 is 2.76 bits per heavy atom. The normalized spacial score (nSPS) is 10.5. The second-order valence-electron chi connectivity index (χ2n) is 3.85. The summed E-state index contributed by atoms with van der Waals surface area (Å²) in [5, 5.41) is 4.10. The van der Waals surface area contributed by atoms with E-state index in [1.165, 1.54) is 0 Å². The minimum atomic E-state index is -0.537. The zero-order chi connectivity index (χ0) is 12.4. The topological polar surface area (TPSA) is 86.9 Å². The molecule has 2 rings (SSSR count). The minimum absolute atomic E-state index is 0.244. The summed E-state index contributed by atoms with van der Waals surface area (Å²) in [4.78, 5) is 11.0. The second-order valence-corrected chi connectivity index (χ2v) is 3.85. The lowest BCUT2D eigenvalue weighted by Gasteiger charge is -2.08. The first kappa shape index (κ1) is 11.3. The van der Waals surface area contributed by atoms with Crippen molar-refractivity contribution >= 4 is 5.91 Å². The first-order valence-electron chi connectivity index (χ1n) is 5.27. The van der Waals surface area contributed by atoms with Crippen LogP contribution in [0.2, 0.25) is 0 Å². The van der Waals surface area contributed by atoms with Gasteiger partial charge in [-0.3, -0.25) is 4.79 Å². The van der Waals surface area contributed by atoms with Crippen LogP contribution in [-0.2, 0) is 6.54 Å². The number of amides is 1. The molecule has 1 amide bonds. The molecule has 0 saturated carbocycles. The summed E-state index contributed by atoms with van der Waals surface area (Å²) in [6.45, 7) is 2.42. The van der Waals surface area contributed by atoms with Crippen molar-refractivity contribution in [2.45, 2.75) is 13.5 Å². The van der Waals surface area contributed by atoms with Crippen LogP contribution in [0.3, 0.4) is 0 Å². The number of rotatable bonds is 3. The Bertz CT molecular complexity index is 559. The van der Waals surface area contributed by atoms with Crippen molar-refractivity contribution in [1.82, 2.24) is 9.78 Å². The number of hydrogen-bond donors (Lipinski definition) is 2. The van der Waals surface area contributed by atoms with Crippen LogP contribution >= 0.6 is 0 Å². The van der Waals surface area contributed by atoms with Crippen molar-refractivity contribution in [3.05, 3.63) is 47.3 Å². The summed E-state index contributed by atoms with van der Waals surface area (Å²) in [7, 11) is 0. The maximum absolute atomic E-state index is 11.0. The predicted molar refractivity (Wildman–Crippen MR) is 64.7 cm³/mol. The molecule has 0 aliphatic carbocycles. The van der Waals surface area contributed by atoms with E-state index >= 15 is 0 Å². The molecule has 0 aliphatic heterocycles. The highest BCUT2D eigenvalue weighted by Crippen LogP contribution is 2.15. The summed E-state index contributed by atoms with van der Waals surface area (Å²) in [5.74, 6) is -0.537. The Hall–Kier alpha value is -2.14. The van der Waals surface area contributed by atoms with Gasteiger partial charge in [0.05, 0.1) is 5.69 Å². The maximum atomic E-state index is 11.0. The average Bonchev–Trinajstić information content (AvgIpc) is 2.78. The molecule has 5 heteroatoms. The van der Waals surface area contributed by atoms with Crippen molar-refractivity contribution in [3.8, 4) is 5.69 Å². The van der Waals surface area contributed by atoms with Crippen molar-refractivity contribution in [2.75, 3.05) is 0 Å². The van der Waals surface area contributed by atoms with Gasteiger partial charge in [0.25, 0.3) is 5.91 Å². The van der Waals surface area contributed by atoms with E-state index in [0.29, 0.717) is 6.54 Å². The van der Waals surface area contributed by atoms with Gasteiger partial charge >= 0.3 is 0 Å². The second kappa shape index (κ2) is 4.39. The number of carbonyl (C=O) groups excluding carboxylic acids is 1. The molecule has 0 atom stereocenters. The molecule has 1 heterocycles. The van der Waals surface area contributed by atoms with E-state index in [1.807, 2.05) is 25.1 Å². The van der Waals surface area contributed by atoms with Gasteiger partial charge in [0.2, 0.25) is 0 Å². The highest BCUT2D eigenvalue weighted by molar-refractivity contribution is 5.90. The molecule has 0 bridgehead atoms. The lowest BCUT2D eigenvalue weighted by molar-refractivity contribution is 0.0995. The highest BCUT2D eigenvalue weighted by atomic mass is 16.1. The zero-order valence-electron chi connectivity index (χ0n) is 9.55. The number of aromatic nitrogens is 2. The Morgan fingerprint density at radius 1 is 1.41 bits per heavy atom. The summed E-state index contributed by atoms with van der Waals surface area (Å²) < 4.78 is 1.61. The molecule has 17 heavy (non-hydrogen) atoms. The number of primary amides is 1. The van der Waals surface area contributed by atoms with Crippen LogP contribution < -0.4 is 11.5 Å². The Balaban J connectivity index is 2.48. The smallest absolute Gasteiger partial charge is 0.269 e. The van der Waals surface area contributed by atoms with E-state index in [0.717, 1.165) is 16.8 Å². The van der Waals surface area contributed by atoms with Gasteiger partial charge < -0.3 is 11.5 Å². The SMILES string of the molecule is Cc1ccc(-n2ccc(C(N)=O)n2)c(CN)c1. The van der Waals surface area contributed by atoms with Crippen LogP contribution in [0.25, 0.3) is 5.69 Å². The summed E-state index contributed by atoms with van der Waals surface area (Å²) in [6, 6.07) is 7.48. The van der Waals surface area contributed by atoms with Crippen molar-refractivity contribution in [3.63, 3.8) is 0 Å². The molecule has 0 fully saturated rings. The molecule has 0 unspecified atom stereocenters. The van der Waals surface area contributed by atoms with Crippen molar-refractivity contribution in [1.29, 1.82) is 0 Å². The van der Waals surface area contributed by atoms with E-state index in [2.05, 4.69) is 5.10 Å². The van der Waals surface area contributed by atoms with Crippen LogP contribution in [0.4, 0.5) is 0 Å². The van der Waals surface area contributed by atoms with Gasteiger partial charge in [-0.15, -0.1) is 0 Å². The number of carbonyl (C=O) groups is 1. The van der Waals surface area contributed by atoms with E-state index in [4.69, 9.17) is 11.5 Å². The largest absolute Gasteiger partial charge is 0.364 e. The molecule has 0 aliphatic rings. The molecule has 88 valence electrons. The number of aryl methyl sites for hydroxylation is 1. The maximum Gasteiger partial charge on any atom is 0.269 e. The molecular formula is C12H14N4O. The van der Waals surface area contributed by atoms with E-state index in [-0.39, 0.29) is 5.69 Å². The van der Waals surface area contributed by atoms with Crippen LogP contribution in [-0.4, -0.2) is 15.7 Å². The minimum Gasteiger partial charge on any atom is -0.364 e. The molecule has 1 aromatic heterocycles. The standard InChI is InChI=1S/C12H14N4O/c1-8-2-3-11(9(6-8)7-13)16-5-4-10(15-16)12(14)17/h2-6H,7,13H2,1H3,(H2,14,17). The van der Waals surface area contributed by atoms with Gasteiger partial charge in [0, 0.05) is 12.7 Å². The van der Waals surface area contributed by atoms with Gasteiger partial charge in [-0.2, -0.15) is 5.10 Å². The fourth-order valence-corrected chi connectivity index (χ4v) is 1.69. The molecule has 5 nitrogen and oxygen atoms in total. The molecule has 0 spiro atoms. The lowest BCUT2D eigenvalue weighted by atomic mass is 10.1. The lowest BCUT2D eigenvalue weighted by Crippen LogP contribution is -2.13. The highest BCUT2D eigenvalue weighted by Gasteiger charge is 2.08. The monoisotopic (exact) mass is 230 g/mol. The van der Waals surface area contributed by atoms with Gasteiger partial charge in [-0.05, 0) is 24.6 Å². The fourth-order valence-electron chi connectivity index (χ4n) is 1.69. The summed E-state index contributed by atoms with van der Waals surface area (Å²) in [5.41, 5.74) is 14.1. The van der Waals surface area contributed by atoms with E-state index < -0.39 is 5.91 Å². The summed E-state index contributed by atoms with van der Waals surface area (Å²) >= 11 is 0. The van der Waals surface area contributed by atoms with Gasteiger partial charge in [0.15, 0.2) is 0 Å².